The molecule has 0 unspecified atom stereocenters. The molecule has 0 amide bonds. The minimum Gasteiger partial charge on any atom is -0.390 e. The van der Waals surface area contributed by atoms with Gasteiger partial charge in [0.1, 0.15) is 0 Å². The first-order chi connectivity index (χ1) is 5.42. The smallest absolute Gasteiger partial charge is 0.0844 e. The van der Waals surface area contributed by atoms with E-state index in [1.165, 1.54) is 0 Å². The highest BCUT2D eigenvalue weighted by molar-refractivity contribution is 4.85. The Morgan fingerprint density at radius 1 is 1.42 bits per heavy atom. The van der Waals surface area contributed by atoms with Gasteiger partial charge in [0, 0.05) is 0 Å². The van der Waals surface area contributed by atoms with Crippen LogP contribution >= 0.6 is 0 Å². The molecule has 1 heterocycles. The van der Waals surface area contributed by atoms with Crippen molar-refractivity contribution >= 4 is 0 Å². The van der Waals surface area contributed by atoms with Gasteiger partial charge < -0.3 is 9.84 Å². The maximum atomic E-state index is 9.73. The number of aliphatic hydroxyl groups is 1. The summed E-state index contributed by atoms with van der Waals surface area (Å²) in [4.78, 5) is 0. The second kappa shape index (κ2) is 3.35. The van der Waals surface area contributed by atoms with Gasteiger partial charge in [-0.2, -0.15) is 0 Å². The van der Waals surface area contributed by atoms with Crippen molar-refractivity contribution in [3.05, 3.63) is 0 Å². The third kappa shape index (κ3) is 2.20. The van der Waals surface area contributed by atoms with E-state index in [1.807, 2.05) is 13.8 Å². The van der Waals surface area contributed by atoms with Crippen molar-refractivity contribution in [1.29, 1.82) is 0 Å². The van der Waals surface area contributed by atoms with E-state index in [0.29, 0.717) is 5.92 Å². The van der Waals surface area contributed by atoms with Gasteiger partial charge in [-0.25, -0.2) is 0 Å². The molecule has 0 spiro atoms. The van der Waals surface area contributed by atoms with Crippen molar-refractivity contribution in [2.24, 2.45) is 5.92 Å². The van der Waals surface area contributed by atoms with Gasteiger partial charge in [-0.1, -0.05) is 13.8 Å². The molecule has 0 radical (unpaired) electrons. The standard InChI is InChI=1S/C10H20O2/c1-7(2)9(11)8-5-6-10(3,4)12-8/h7-9,11H,5-6H2,1-4H3/t8-,9-/m1/s1. The first kappa shape index (κ1) is 10.0. The lowest BCUT2D eigenvalue weighted by atomic mass is 9.98. The van der Waals surface area contributed by atoms with E-state index >= 15 is 0 Å². The number of ether oxygens (including phenoxy) is 1. The SMILES string of the molecule is CC(C)[C@@H](O)[C@H]1CCC(C)(C)O1. The molecule has 0 aliphatic carbocycles. The zero-order valence-electron chi connectivity index (χ0n) is 8.50. The van der Waals surface area contributed by atoms with Crippen LogP contribution in [-0.2, 0) is 4.74 Å². The summed E-state index contributed by atoms with van der Waals surface area (Å²) in [7, 11) is 0. The second-order valence-electron chi connectivity index (χ2n) is 4.69. The predicted octanol–water partition coefficient (Wildman–Crippen LogP) is 1.96. The van der Waals surface area contributed by atoms with Crippen LogP contribution in [0, 0.1) is 5.92 Å². The summed E-state index contributed by atoms with van der Waals surface area (Å²) >= 11 is 0. The molecule has 1 N–H and O–H groups in total. The van der Waals surface area contributed by atoms with E-state index in [1.54, 1.807) is 0 Å². The molecule has 0 bridgehead atoms. The summed E-state index contributed by atoms with van der Waals surface area (Å²) in [5.74, 6) is 0.295. The lowest BCUT2D eigenvalue weighted by Gasteiger charge is -2.24. The summed E-state index contributed by atoms with van der Waals surface area (Å²) in [5.41, 5.74) is -0.0272. The van der Waals surface area contributed by atoms with Crippen LogP contribution in [0.5, 0.6) is 0 Å². The third-order valence-electron chi connectivity index (χ3n) is 2.57. The van der Waals surface area contributed by atoms with E-state index in [-0.39, 0.29) is 17.8 Å². The molecular formula is C10H20O2. The molecule has 0 aromatic carbocycles. The van der Waals surface area contributed by atoms with Crippen LogP contribution in [0.4, 0.5) is 0 Å². The maximum Gasteiger partial charge on any atom is 0.0844 e. The van der Waals surface area contributed by atoms with Crippen molar-refractivity contribution in [1.82, 2.24) is 0 Å². The van der Waals surface area contributed by atoms with Gasteiger partial charge in [-0.05, 0) is 32.6 Å². The fourth-order valence-electron chi connectivity index (χ4n) is 1.69. The molecule has 0 saturated carbocycles. The van der Waals surface area contributed by atoms with Crippen LogP contribution < -0.4 is 0 Å². The number of aliphatic hydroxyl groups excluding tert-OH is 1. The van der Waals surface area contributed by atoms with Gasteiger partial charge in [0.05, 0.1) is 17.8 Å². The van der Waals surface area contributed by atoms with E-state index < -0.39 is 0 Å². The van der Waals surface area contributed by atoms with Crippen LogP contribution in [0.15, 0.2) is 0 Å². The molecular weight excluding hydrogens is 152 g/mol. The Bertz CT molecular complexity index is 152. The quantitative estimate of drug-likeness (QED) is 0.690. The van der Waals surface area contributed by atoms with E-state index in [2.05, 4.69) is 13.8 Å². The summed E-state index contributed by atoms with van der Waals surface area (Å²) < 4.78 is 5.72. The highest BCUT2D eigenvalue weighted by Crippen LogP contribution is 2.32. The predicted molar refractivity (Wildman–Crippen MR) is 49.0 cm³/mol. The van der Waals surface area contributed by atoms with E-state index in [0.717, 1.165) is 12.8 Å². The molecule has 12 heavy (non-hydrogen) atoms. The fourth-order valence-corrected chi connectivity index (χ4v) is 1.69. The highest BCUT2D eigenvalue weighted by Gasteiger charge is 2.36. The summed E-state index contributed by atoms with van der Waals surface area (Å²) in [6.45, 7) is 8.22. The largest absolute Gasteiger partial charge is 0.390 e. The molecule has 2 heteroatoms. The van der Waals surface area contributed by atoms with Crippen LogP contribution in [-0.4, -0.2) is 22.9 Å². The normalized spacial score (nSPS) is 31.0. The van der Waals surface area contributed by atoms with E-state index in [9.17, 15) is 5.11 Å². The van der Waals surface area contributed by atoms with Gasteiger partial charge in [-0.3, -0.25) is 0 Å². The second-order valence-corrected chi connectivity index (χ2v) is 4.69. The molecule has 1 aliphatic heterocycles. The first-order valence-electron chi connectivity index (χ1n) is 4.78. The van der Waals surface area contributed by atoms with Crippen molar-refractivity contribution in [3.8, 4) is 0 Å². The first-order valence-corrected chi connectivity index (χ1v) is 4.78. The Kier molecular flexibility index (Phi) is 2.79. The Labute approximate surface area is 74.9 Å². The number of hydrogen-bond acceptors (Lipinski definition) is 2. The molecule has 1 saturated heterocycles. The number of hydrogen-bond donors (Lipinski definition) is 1. The number of rotatable bonds is 2. The molecule has 2 atom stereocenters. The molecule has 0 aromatic heterocycles. The zero-order chi connectivity index (χ0) is 9.35. The van der Waals surface area contributed by atoms with Crippen molar-refractivity contribution < 1.29 is 9.84 Å². The van der Waals surface area contributed by atoms with Gasteiger partial charge in [0.25, 0.3) is 0 Å². The Morgan fingerprint density at radius 2 is 2.00 bits per heavy atom. The average Bonchev–Trinajstić information content (AvgIpc) is 2.28. The third-order valence-corrected chi connectivity index (χ3v) is 2.57. The summed E-state index contributed by atoms with van der Waals surface area (Å²) in [6.07, 6.45) is 1.81. The van der Waals surface area contributed by atoms with Crippen molar-refractivity contribution in [2.75, 3.05) is 0 Å². The Hall–Kier alpha value is -0.0800. The molecule has 72 valence electrons. The lowest BCUT2D eigenvalue weighted by Crippen LogP contribution is -2.32. The van der Waals surface area contributed by atoms with Crippen molar-refractivity contribution in [3.63, 3.8) is 0 Å². The van der Waals surface area contributed by atoms with E-state index in [4.69, 9.17) is 4.74 Å². The van der Waals surface area contributed by atoms with Gasteiger partial charge >= 0.3 is 0 Å². The van der Waals surface area contributed by atoms with Gasteiger partial charge in [0.2, 0.25) is 0 Å². The highest BCUT2D eigenvalue weighted by atomic mass is 16.5. The fraction of sp³-hybridized carbons (Fsp3) is 1.00. The molecule has 1 rings (SSSR count). The van der Waals surface area contributed by atoms with Gasteiger partial charge in [-0.15, -0.1) is 0 Å². The van der Waals surface area contributed by atoms with Crippen LogP contribution in [0.2, 0.25) is 0 Å². The maximum absolute atomic E-state index is 9.73. The minimum absolute atomic E-state index is 0.0272. The topological polar surface area (TPSA) is 29.5 Å². The monoisotopic (exact) mass is 172 g/mol. The molecule has 0 aromatic rings. The van der Waals surface area contributed by atoms with Crippen molar-refractivity contribution in [2.45, 2.75) is 58.3 Å². The Morgan fingerprint density at radius 3 is 2.33 bits per heavy atom. The summed E-state index contributed by atoms with van der Waals surface area (Å²) in [5, 5.41) is 9.73. The molecule has 1 aliphatic rings. The van der Waals surface area contributed by atoms with Crippen LogP contribution in [0.1, 0.15) is 40.5 Å². The minimum atomic E-state index is -0.299. The van der Waals surface area contributed by atoms with Crippen LogP contribution in [0.3, 0.4) is 0 Å². The van der Waals surface area contributed by atoms with Crippen LogP contribution in [0.25, 0.3) is 0 Å². The lowest BCUT2D eigenvalue weighted by molar-refractivity contribution is -0.0835. The molecule has 1 fully saturated rings. The summed E-state index contributed by atoms with van der Waals surface area (Å²) in [6, 6.07) is 0. The molecule has 2 nitrogen and oxygen atoms in total. The van der Waals surface area contributed by atoms with Gasteiger partial charge in [0.15, 0.2) is 0 Å². The average molecular weight is 172 g/mol. The zero-order valence-corrected chi connectivity index (χ0v) is 8.50. The Balaban J connectivity index is 2.47.